The van der Waals surface area contributed by atoms with Crippen LogP contribution in [-0.4, -0.2) is 0 Å². The smallest absolute Gasteiger partial charge is 0.147 e. The van der Waals surface area contributed by atoms with Crippen LogP contribution in [0.2, 0.25) is 0 Å². The van der Waals surface area contributed by atoms with Crippen LogP contribution >= 0.6 is 0 Å². The Kier molecular flexibility index (Phi) is 8.50. The molecule has 1 aliphatic rings. The molecule has 0 atom stereocenters. The average molecular weight is 868 g/mol. The first kappa shape index (κ1) is 38.4. The van der Waals surface area contributed by atoms with E-state index in [-0.39, 0.29) is 0 Å². The molecule has 0 saturated carbocycles. The zero-order valence-electron chi connectivity index (χ0n) is 36.9. The maximum absolute atomic E-state index is 6.67. The fraction of sp³-hybridized carbons (Fsp3) is 0.0154. The molecule has 0 unspecified atom stereocenters. The van der Waals surface area contributed by atoms with Crippen LogP contribution in [0.25, 0.3) is 88.0 Å². The Labute approximate surface area is 393 Å². The highest BCUT2D eigenvalue weighted by Crippen LogP contribution is 2.59. The number of anilines is 3. The van der Waals surface area contributed by atoms with E-state index in [0.29, 0.717) is 0 Å². The second-order valence-corrected chi connectivity index (χ2v) is 17.9. The van der Waals surface area contributed by atoms with Crippen molar-refractivity contribution in [2.45, 2.75) is 5.41 Å². The Bertz CT molecular complexity index is 4030. The molecule has 0 amide bonds. The van der Waals surface area contributed by atoms with Gasteiger partial charge in [-0.1, -0.05) is 188 Å². The molecule has 68 heavy (non-hydrogen) atoms. The summed E-state index contributed by atoms with van der Waals surface area (Å²) in [4.78, 5) is 2.39. The highest BCUT2D eigenvalue weighted by atomic mass is 16.3. The number of nitrogens with zero attached hydrogens (tertiary/aromatic N) is 1. The van der Waals surface area contributed by atoms with Crippen LogP contribution < -0.4 is 4.90 Å². The summed E-state index contributed by atoms with van der Waals surface area (Å²) in [7, 11) is 0. The highest BCUT2D eigenvalue weighted by Gasteiger charge is 2.47. The molecule has 11 aromatic carbocycles. The monoisotopic (exact) mass is 867 g/mol. The largest absolute Gasteiger partial charge is 0.456 e. The lowest BCUT2D eigenvalue weighted by molar-refractivity contribution is 0.663. The summed E-state index contributed by atoms with van der Waals surface area (Å²) in [5.41, 5.74) is 18.2. The fourth-order valence-corrected chi connectivity index (χ4v) is 11.4. The Morgan fingerprint density at radius 1 is 0.324 bits per heavy atom. The van der Waals surface area contributed by atoms with Gasteiger partial charge in [0, 0.05) is 33.2 Å². The van der Waals surface area contributed by atoms with Crippen molar-refractivity contribution < 1.29 is 8.83 Å². The first-order chi connectivity index (χ1) is 33.7. The van der Waals surface area contributed by atoms with Crippen molar-refractivity contribution >= 4 is 71.7 Å². The third-order valence-electron chi connectivity index (χ3n) is 14.3. The van der Waals surface area contributed by atoms with Crippen LogP contribution in [0.3, 0.4) is 0 Å². The van der Waals surface area contributed by atoms with Crippen molar-refractivity contribution in [1.29, 1.82) is 0 Å². The number of rotatable bonds is 7. The van der Waals surface area contributed by atoms with Gasteiger partial charge in [-0.3, -0.25) is 0 Å². The SMILES string of the molecule is c1ccc(N(c2ccc(-c3cccc(-c4cc5oc6ccccc6c5c5oc6ccccc6c45)c3)cc2)c2ccc3c(c2)C(c2ccccc2)(c2ccccc2)c2ccc4ccccc4c2-3)cc1. The Balaban J connectivity index is 0.917. The lowest BCUT2D eigenvalue weighted by Gasteiger charge is -2.35. The first-order valence-corrected chi connectivity index (χ1v) is 23.3. The third-order valence-corrected chi connectivity index (χ3v) is 14.3. The van der Waals surface area contributed by atoms with Gasteiger partial charge < -0.3 is 13.7 Å². The fourth-order valence-electron chi connectivity index (χ4n) is 11.4. The van der Waals surface area contributed by atoms with E-state index in [1.807, 2.05) is 18.2 Å². The maximum Gasteiger partial charge on any atom is 0.147 e. The summed E-state index contributed by atoms with van der Waals surface area (Å²) in [6.07, 6.45) is 0. The molecule has 0 fully saturated rings. The molecule has 0 spiro atoms. The second-order valence-electron chi connectivity index (χ2n) is 17.9. The van der Waals surface area contributed by atoms with E-state index in [1.165, 1.54) is 44.2 Å². The molecule has 0 N–H and O–H groups in total. The highest BCUT2D eigenvalue weighted by molar-refractivity contribution is 6.26. The molecule has 0 bridgehead atoms. The minimum atomic E-state index is -0.548. The number of fused-ring (bicyclic) bond motifs is 12. The van der Waals surface area contributed by atoms with Crippen molar-refractivity contribution in [3.8, 4) is 33.4 Å². The molecular formula is C65H41NO2. The van der Waals surface area contributed by atoms with Crippen molar-refractivity contribution in [3.05, 3.63) is 271 Å². The molecule has 2 aromatic heterocycles. The summed E-state index contributed by atoms with van der Waals surface area (Å²) < 4.78 is 13.2. The molecule has 14 rings (SSSR count). The van der Waals surface area contributed by atoms with E-state index in [0.717, 1.165) is 83.2 Å². The van der Waals surface area contributed by atoms with E-state index < -0.39 is 5.41 Å². The molecule has 2 heterocycles. The maximum atomic E-state index is 6.67. The lowest BCUT2D eigenvalue weighted by Crippen LogP contribution is -2.28. The van der Waals surface area contributed by atoms with Gasteiger partial charge >= 0.3 is 0 Å². The van der Waals surface area contributed by atoms with Crippen molar-refractivity contribution in [1.82, 2.24) is 0 Å². The summed E-state index contributed by atoms with van der Waals surface area (Å²) in [5.74, 6) is 0. The van der Waals surface area contributed by atoms with E-state index in [4.69, 9.17) is 8.83 Å². The number of furan rings is 2. The number of hydrogen-bond acceptors (Lipinski definition) is 3. The van der Waals surface area contributed by atoms with Crippen molar-refractivity contribution in [3.63, 3.8) is 0 Å². The number of hydrogen-bond donors (Lipinski definition) is 0. The first-order valence-electron chi connectivity index (χ1n) is 23.3. The van der Waals surface area contributed by atoms with Crippen LogP contribution in [0.5, 0.6) is 0 Å². The van der Waals surface area contributed by atoms with Gasteiger partial charge in [0.15, 0.2) is 0 Å². The minimum absolute atomic E-state index is 0.548. The number of benzene rings is 11. The van der Waals surface area contributed by atoms with Crippen LogP contribution in [0.1, 0.15) is 22.3 Å². The molecule has 0 aliphatic heterocycles. The van der Waals surface area contributed by atoms with E-state index in [1.54, 1.807) is 0 Å². The molecule has 0 saturated heterocycles. The Hall–Kier alpha value is -8.92. The molecule has 1 aliphatic carbocycles. The zero-order chi connectivity index (χ0) is 44.8. The van der Waals surface area contributed by atoms with Gasteiger partial charge in [-0.2, -0.15) is 0 Å². The molecule has 0 radical (unpaired) electrons. The molecule has 13 aromatic rings. The van der Waals surface area contributed by atoms with E-state index >= 15 is 0 Å². The lowest BCUT2D eigenvalue weighted by atomic mass is 9.67. The summed E-state index contributed by atoms with van der Waals surface area (Å²) in [6.45, 7) is 0. The van der Waals surface area contributed by atoms with Gasteiger partial charge in [0.25, 0.3) is 0 Å². The van der Waals surface area contributed by atoms with Gasteiger partial charge in [-0.15, -0.1) is 0 Å². The van der Waals surface area contributed by atoms with Crippen molar-refractivity contribution in [2.75, 3.05) is 4.90 Å². The van der Waals surface area contributed by atoms with Gasteiger partial charge in [0.1, 0.15) is 22.3 Å². The summed E-state index contributed by atoms with van der Waals surface area (Å²) >= 11 is 0. The number of para-hydroxylation sites is 3. The molecule has 3 heteroatoms. The van der Waals surface area contributed by atoms with E-state index in [2.05, 4.69) is 235 Å². The van der Waals surface area contributed by atoms with Gasteiger partial charge in [-0.05, 0) is 127 Å². The van der Waals surface area contributed by atoms with Crippen LogP contribution in [0.15, 0.2) is 258 Å². The third kappa shape index (κ3) is 5.66. The topological polar surface area (TPSA) is 29.5 Å². The standard InChI is InChI=1S/C65H41NO2/c1-4-20-46(21-5-1)65(47-22-6-2-7-23-47)56-38-33-43-17-10-11-26-51(43)61(56)52-37-36-50(40-57(52)65)66(48-24-8-3-9-25-48)49-34-31-42(32-35-49)44-18-16-19-45(39-44)55-41-60-63(54-28-13-14-29-58(54)67-60)64-62(55)53-27-12-15-30-59(53)68-64/h1-41H. The summed E-state index contributed by atoms with van der Waals surface area (Å²) in [6, 6.07) is 90.1. The molecule has 3 nitrogen and oxygen atoms in total. The normalized spacial score (nSPS) is 12.8. The molecule has 318 valence electrons. The Morgan fingerprint density at radius 2 is 0.912 bits per heavy atom. The van der Waals surface area contributed by atoms with Gasteiger partial charge in [0.2, 0.25) is 0 Å². The Morgan fingerprint density at radius 3 is 1.65 bits per heavy atom. The second kappa shape index (κ2) is 15.1. The average Bonchev–Trinajstić information content (AvgIpc) is 4.08. The van der Waals surface area contributed by atoms with Crippen LogP contribution in [0, 0.1) is 0 Å². The molecular weight excluding hydrogens is 827 g/mol. The van der Waals surface area contributed by atoms with Gasteiger partial charge in [0.05, 0.1) is 10.8 Å². The quantitative estimate of drug-likeness (QED) is 0.160. The van der Waals surface area contributed by atoms with Crippen molar-refractivity contribution in [2.24, 2.45) is 0 Å². The van der Waals surface area contributed by atoms with Crippen LogP contribution in [0.4, 0.5) is 17.1 Å². The van der Waals surface area contributed by atoms with E-state index in [9.17, 15) is 0 Å². The predicted molar refractivity (Wildman–Crippen MR) is 281 cm³/mol. The van der Waals surface area contributed by atoms with Crippen LogP contribution in [-0.2, 0) is 5.41 Å². The summed E-state index contributed by atoms with van der Waals surface area (Å²) in [5, 5.41) is 6.77. The zero-order valence-corrected chi connectivity index (χ0v) is 36.9. The minimum Gasteiger partial charge on any atom is -0.456 e. The van der Waals surface area contributed by atoms with Gasteiger partial charge in [-0.25, -0.2) is 0 Å². The predicted octanol–water partition coefficient (Wildman–Crippen LogP) is 17.8.